The van der Waals surface area contributed by atoms with Crippen LogP contribution in [0.3, 0.4) is 0 Å². The van der Waals surface area contributed by atoms with Crippen molar-refractivity contribution in [2.24, 2.45) is 13.0 Å². The zero-order valence-corrected chi connectivity index (χ0v) is 11.3. The Bertz CT molecular complexity index is 297. The van der Waals surface area contributed by atoms with Gasteiger partial charge < -0.3 is 10.1 Å². The molecule has 0 amide bonds. The first-order valence-electron chi connectivity index (χ1n) is 6.44. The predicted octanol–water partition coefficient (Wildman–Crippen LogP) is 1.61. The first kappa shape index (κ1) is 14.2. The molecule has 4 nitrogen and oxygen atoms in total. The molecule has 0 bridgehead atoms. The zero-order chi connectivity index (χ0) is 12.5. The SMILES string of the molecule is CC(C)CCOCCNCCc1cnn(C)c1. The fourth-order valence-electron chi connectivity index (χ4n) is 1.52. The van der Waals surface area contributed by atoms with Crippen molar-refractivity contribution in [2.75, 3.05) is 26.3 Å². The van der Waals surface area contributed by atoms with Crippen LogP contribution in [-0.2, 0) is 18.2 Å². The minimum absolute atomic E-state index is 0.730. The van der Waals surface area contributed by atoms with Crippen molar-refractivity contribution >= 4 is 0 Å². The average molecular weight is 239 g/mol. The highest BCUT2D eigenvalue weighted by molar-refractivity contribution is 5.03. The molecule has 0 aliphatic rings. The Labute approximate surface area is 104 Å². The third-order valence-corrected chi connectivity index (χ3v) is 2.61. The van der Waals surface area contributed by atoms with Crippen molar-refractivity contribution in [3.8, 4) is 0 Å². The topological polar surface area (TPSA) is 39.1 Å². The van der Waals surface area contributed by atoms with Crippen molar-refractivity contribution in [1.29, 1.82) is 0 Å². The van der Waals surface area contributed by atoms with Crippen LogP contribution in [0.1, 0.15) is 25.8 Å². The Morgan fingerprint density at radius 3 is 2.82 bits per heavy atom. The summed E-state index contributed by atoms with van der Waals surface area (Å²) in [5, 5.41) is 7.51. The third kappa shape index (κ3) is 7.13. The molecule has 0 atom stereocenters. The molecular weight excluding hydrogens is 214 g/mol. The van der Waals surface area contributed by atoms with Crippen molar-refractivity contribution in [2.45, 2.75) is 26.7 Å². The maximum absolute atomic E-state index is 5.52. The van der Waals surface area contributed by atoms with Crippen molar-refractivity contribution < 1.29 is 4.74 Å². The van der Waals surface area contributed by atoms with Gasteiger partial charge >= 0.3 is 0 Å². The quantitative estimate of drug-likeness (QED) is 0.666. The highest BCUT2D eigenvalue weighted by Gasteiger charge is 1.96. The second kappa shape index (κ2) is 8.25. The van der Waals surface area contributed by atoms with E-state index in [0.29, 0.717) is 0 Å². The Morgan fingerprint density at radius 2 is 2.18 bits per heavy atom. The summed E-state index contributed by atoms with van der Waals surface area (Å²) in [5.74, 6) is 0.730. The fraction of sp³-hybridized carbons (Fsp3) is 0.769. The molecule has 17 heavy (non-hydrogen) atoms. The van der Waals surface area contributed by atoms with E-state index in [1.54, 1.807) is 0 Å². The molecule has 1 aromatic rings. The number of aryl methyl sites for hydroxylation is 1. The molecule has 4 heteroatoms. The number of hydrogen-bond acceptors (Lipinski definition) is 3. The molecule has 0 fully saturated rings. The van der Waals surface area contributed by atoms with E-state index in [-0.39, 0.29) is 0 Å². The summed E-state index contributed by atoms with van der Waals surface area (Å²) in [6.07, 6.45) is 6.15. The first-order valence-corrected chi connectivity index (χ1v) is 6.44. The van der Waals surface area contributed by atoms with Gasteiger partial charge in [-0.2, -0.15) is 5.10 Å². The summed E-state index contributed by atoms with van der Waals surface area (Å²) in [7, 11) is 1.94. The number of nitrogens with zero attached hydrogens (tertiary/aromatic N) is 2. The van der Waals surface area contributed by atoms with Crippen LogP contribution in [0, 0.1) is 5.92 Å². The van der Waals surface area contributed by atoms with Gasteiger partial charge in [0.05, 0.1) is 12.8 Å². The van der Waals surface area contributed by atoms with Crippen LogP contribution in [0.15, 0.2) is 12.4 Å². The van der Waals surface area contributed by atoms with E-state index in [2.05, 4.69) is 30.5 Å². The molecule has 0 aliphatic carbocycles. The van der Waals surface area contributed by atoms with Crippen LogP contribution < -0.4 is 5.32 Å². The van der Waals surface area contributed by atoms with Crippen molar-refractivity contribution in [3.05, 3.63) is 18.0 Å². The van der Waals surface area contributed by atoms with Gasteiger partial charge in [-0.3, -0.25) is 4.68 Å². The third-order valence-electron chi connectivity index (χ3n) is 2.61. The Balaban J connectivity index is 1.88. The van der Waals surface area contributed by atoms with Gasteiger partial charge in [-0.25, -0.2) is 0 Å². The summed E-state index contributed by atoms with van der Waals surface area (Å²) < 4.78 is 7.36. The Morgan fingerprint density at radius 1 is 1.35 bits per heavy atom. The predicted molar refractivity (Wildman–Crippen MR) is 70.1 cm³/mol. The molecule has 0 aliphatic heterocycles. The van der Waals surface area contributed by atoms with Gasteiger partial charge in [0.2, 0.25) is 0 Å². The lowest BCUT2D eigenvalue weighted by Gasteiger charge is -2.07. The summed E-state index contributed by atoms with van der Waals surface area (Å²) in [5.41, 5.74) is 1.28. The van der Waals surface area contributed by atoms with Crippen molar-refractivity contribution in [3.63, 3.8) is 0 Å². The molecule has 0 aromatic carbocycles. The van der Waals surface area contributed by atoms with Gasteiger partial charge in [-0.05, 0) is 30.9 Å². The number of ether oxygens (including phenoxy) is 1. The van der Waals surface area contributed by atoms with Crippen LogP contribution in [0.4, 0.5) is 0 Å². The molecule has 0 saturated carbocycles. The molecular formula is C13H25N3O. The standard InChI is InChI=1S/C13H25N3O/c1-12(2)5-8-17-9-7-14-6-4-13-10-15-16(3)11-13/h10-12,14H,4-9H2,1-3H3. The van der Waals surface area contributed by atoms with Crippen LogP contribution in [0.2, 0.25) is 0 Å². The molecule has 1 heterocycles. The zero-order valence-electron chi connectivity index (χ0n) is 11.3. The minimum Gasteiger partial charge on any atom is -0.380 e. The Hall–Kier alpha value is -0.870. The van der Waals surface area contributed by atoms with Crippen LogP contribution in [0.5, 0.6) is 0 Å². The van der Waals surface area contributed by atoms with Crippen LogP contribution in [-0.4, -0.2) is 36.1 Å². The highest BCUT2D eigenvalue weighted by Crippen LogP contribution is 1.98. The van der Waals surface area contributed by atoms with Gasteiger partial charge in [0.15, 0.2) is 0 Å². The highest BCUT2D eigenvalue weighted by atomic mass is 16.5. The fourth-order valence-corrected chi connectivity index (χ4v) is 1.52. The number of aromatic nitrogens is 2. The van der Waals surface area contributed by atoms with Gasteiger partial charge in [-0.1, -0.05) is 13.8 Å². The van der Waals surface area contributed by atoms with E-state index in [1.807, 2.05) is 17.9 Å². The molecule has 98 valence electrons. The Kier molecular flexibility index (Phi) is 6.89. The molecule has 0 unspecified atom stereocenters. The molecule has 0 spiro atoms. The minimum atomic E-state index is 0.730. The first-order chi connectivity index (χ1) is 8.18. The number of rotatable bonds is 9. The average Bonchev–Trinajstić information content (AvgIpc) is 2.68. The van der Waals surface area contributed by atoms with E-state index >= 15 is 0 Å². The smallest absolute Gasteiger partial charge is 0.0590 e. The maximum atomic E-state index is 5.52. The molecule has 1 rings (SSSR count). The molecule has 1 aromatic heterocycles. The van der Waals surface area contributed by atoms with Crippen molar-refractivity contribution in [1.82, 2.24) is 15.1 Å². The largest absolute Gasteiger partial charge is 0.380 e. The summed E-state index contributed by atoms with van der Waals surface area (Å²) >= 11 is 0. The van der Waals surface area contributed by atoms with E-state index in [0.717, 1.165) is 45.1 Å². The number of hydrogen-bond donors (Lipinski definition) is 1. The normalized spacial score (nSPS) is 11.3. The molecule has 0 saturated heterocycles. The van der Waals surface area contributed by atoms with E-state index in [4.69, 9.17) is 4.74 Å². The lowest BCUT2D eigenvalue weighted by Crippen LogP contribution is -2.22. The lowest BCUT2D eigenvalue weighted by atomic mass is 10.1. The van der Waals surface area contributed by atoms with Gasteiger partial charge in [-0.15, -0.1) is 0 Å². The maximum Gasteiger partial charge on any atom is 0.0590 e. The monoisotopic (exact) mass is 239 g/mol. The van der Waals surface area contributed by atoms with Gasteiger partial charge in [0.1, 0.15) is 0 Å². The van der Waals surface area contributed by atoms with Gasteiger partial charge in [0.25, 0.3) is 0 Å². The second-order valence-electron chi connectivity index (χ2n) is 4.82. The van der Waals surface area contributed by atoms with E-state index in [1.165, 1.54) is 5.56 Å². The van der Waals surface area contributed by atoms with Crippen LogP contribution in [0.25, 0.3) is 0 Å². The molecule has 1 N–H and O–H groups in total. The lowest BCUT2D eigenvalue weighted by molar-refractivity contribution is 0.125. The number of nitrogens with one attached hydrogen (secondary N) is 1. The van der Waals surface area contributed by atoms with E-state index < -0.39 is 0 Å². The molecule has 0 radical (unpaired) electrons. The van der Waals surface area contributed by atoms with E-state index in [9.17, 15) is 0 Å². The van der Waals surface area contributed by atoms with Gasteiger partial charge in [0, 0.05) is 26.4 Å². The van der Waals surface area contributed by atoms with Crippen LogP contribution >= 0.6 is 0 Å². The summed E-state index contributed by atoms with van der Waals surface area (Å²) in [6.45, 7) is 8.03. The summed E-state index contributed by atoms with van der Waals surface area (Å²) in [4.78, 5) is 0. The second-order valence-corrected chi connectivity index (χ2v) is 4.82. The summed E-state index contributed by atoms with van der Waals surface area (Å²) in [6, 6.07) is 0.